The predicted molar refractivity (Wildman–Crippen MR) is 110 cm³/mol. The maximum atomic E-state index is 4.86. The Labute approximate surface area is 161 Å². The van der Waals surface area contributed by atoms with Crippen molar-refractivity contribution in [2.45, 2.75) is 26.9 Å². The van der Waals surface area contributed by atoms with Crippen LogP contribution in [0.25, 0.3) is 11.4 Å². The van der Waals surface area contributed by atoms with Gasteiger partial charge in [0.05, 0.1) is 5.69 Å². The fourth-order valence-electron chi connectivity index (χ4n) is 3.73. The number of imidazole rings is 1. The van der Waals surface area contributed by atoms with Crippen molar-refractivity contribution in [3.8, 4) is 11.4 Å². The zero-order valence-electron chi connectivity index (χ0n) is 16.3. The summed E-state index contributed by atoms with van der Waals surface area (Å²) in [6.45, 7) is 10.7. The highest BCUT2D eigenvalue weighted by molar-refractivity contribution is 5.55. The molecule has 4 nitrogen and oxygen atoms in total. The first-order valence-corrected chi connectivity index (χ1v) is 9.79. The van der Waals surface area contributed by atoms with Crippen molar-refractivity contribution in [3.05, 3.63) is 77.1 Å². The Morgan fingerprint density at radius 3 is 2.15 bits per heavy atom. The summed E-state index contributed by atoms with van der Waals surface area (Å²) in [5.41, 5.74) is 6.33. The van der Waals surface area contributed by atoms with Crippen LogP contribution in [0.5, 0.6) is 0 Å². The average Bonchev–Trinajstić information content (AvgIpc) is 3.06. The number of rotatable bonds is 5. The van der Waals surface area contributed by atoms with Crippen molar-refractivity contribution in [2.24, 2.45) is 0 Å². The molecule has 1 fully saturated rings. The molecule has 0 amide bonds. The second-order valence-electron chi connectivity index (χ2n) is 7.50. The minimum absolute atomic E-state index is 0.924. The minimum atomic E-state index is 0.924. The summed E-state index contributed by atoms with van der Waals surface area (Å²) < 4.78 is 0. The molecule has 4 heteroatoms. The standard InChI is InChI=1S/C23H28N4/c1-18-8-6-7-11-21(18)16-26-12-14-27(15-13-26)17-22-19(2)24-23(25-22)20-9-4-3-5-10-20/h3-11H,12-17H2,1-2H3,(H,24,25). The predicted octanol–water partition coefficient (Wildman–Crippen LogP) is 4.01. The molecule has 0 spiro atoms. The fraction of sp³-hybridized carbons (Fsp3) is 0.348. The SMILES string of the molecule is Cc1ccccc1CN1CCN(Cc2nc(-c3ccccc3)[nH]c2C)CC1. The van der Waals surface area contributed by atoms with Gasteiger partial charge in [-0.15, -0.1) is 0 Å². The van der Waals surface area contributed by atoms with Gasteiger partial charge < -0.3 is 4.98 Å². The topological polar surface area (TPSA) is 35.2 Å². The van der Waals surface area contributed by atoms with Crippen molar-refractivity contribution in [1.29, 1.82) is 0 Å². The number of hydrogen-bond donors (Lipinski definition) is 1. The van der Waals surface area contributed by atoms with Gasteiger partial charge in [0.1, 0.15) is 5.82 Å². The molecular formula is C23H28N4. The molecule has 0 aliphatic carbocycles. The number of aromatic amines is 1. The summed E-state index contributed by atoms with van der Waals surface area (Å²) in [6, 6.07) is 19.1. The molecule has 1 saturated heterocycles. The van der Waals surface area contributed by atoms with Gasteiger partial charge in [-0.05, 0) is 25.0 Å². The highest BCUT2D eigenvalue weighted by Gasteiger charge is 2.19. The lowest BCUT2D eigenvalue weighted by Gasteiger charge is -2.34. The number of hydrogen-bond acceptors (Lipinski definition) is 3. The molecule has 0 unspecified atom stereocenters. The Morgan fingerprint density at radius 2 is 1.44 bits per heavy atom. The van der Waals surface area contributed by atoms with Crippen LogP contribution in [0.3, 0.4) is 0 Å². The van der Waals surface area contributed by atoms with E-state index in [0.29, 0.717) is 0 Å². The molecule has 0 atom stereocenters. The highest BCUT2D eigenvalue weighted by atomic mass is 15.3. The number of nitrogens with zero attached hydrogens (tertiary/aromatic N) is 3. The molecule has 0 saturated carbocycles. The Hall–Kier alpha value is -2.43. The third kappa shape index (κ3) is 4.29. The number of H-pyrrole nitrogens is 1. The van der Waals surface area contributed by atoms with Gasteiger partial charge in [-0.3, -0.25) is 9.80 Å². The minimum Gasteiger partial charge on any atom is -0.342 e. The molecule has 27 heavy (non-hydrogen) atoms. The first-order chi connectivity index (χ1) is 13.2. The lowest BCUT2D eigenvalue weighted by molar-refractivity contribution is 0.121. The van der Waals surface area contributed by atoms with Crippen molar-refractivity contribution in [2.75, 3.05) is 26.2 Å². The second-order valence-corrected chi connectivity index (χ2v) is 7.50. The molecule has 1 aliphatic heterocycles. The van der Waals surface area contributed by atoms with Crippen molar-refractivity contribution in [3.63, 3.8) is 0 Å². The zero-order valence-corrected chi connectivity index (χ0v) is 16.3. The quantitative estimate of drug-likeness (QED) is 0.747. The Kier molecular flexibility index (Phi) is 5.37. The molecule has 140 valence electrons. The summed E-state index contributed by atoms with van der Waals surface area (Å²) in [7, 11) is 0. The van der Waals surface area contributed by atoms with Crippen LogP contribution in [-0.2, 0) is 13.1 Å². The number of benzene rings is 2. The third-order valence-corrected chi connectivity index (χ3v) is 5.53. The Balaban J connectivity index is 1.34. The zero-order chi connectivity index (χ0) is 18.6. The number of piperazine rings is 1. The van der Waals surface area contributed by atoms with Crippen LogP contribution in [0.1, 0.15) is 22.5 Å². The summed E-state index contributed by atoms with van der Waals surface area (Å²) in [6.07, 6.45) is 0. The van der Waals surface area contributed by atoms with Gasteiger partial charge in [0.15, 0.2) is 0 Å². The smallest absolute Gasteiger partial charge is 0.137 e. The van der Waals surface area contributed by atoms with E-state index in [9.17, 15) is 0 Å². The van der Waals surface area contributed by atoms with E-state index in [0.717, 1.165) is 50.7 Å². The summed E-state index contributed by atoms with van der Waals surface area (Å²) in [5.74, 6) is 0.973. The van der Waals surface area contributed by atoms with Crippen LogP contribution in [0, 0.1) is 13.8 Å². The molecule has 3 aromatic rings. The van der Waals surface area contributed by atoms with E-state index in [2.05, 4.69) is 77.2 Å². The van der Waals surface area contributed by atoms with E-state index in [-0.39, 0.29) is 0 Å². The number of aromatic nitrogens is 2. The van der Waals surface area contributed by atoms with Gasteiger partial charge in [-0.1, -0.05) is 54.6 Å². The van der Waals surface area contributed by atoms with E-state index >= 15 is 0 Å². The molecule has 2 aromatic carbocycles. The molecule has 2 heterocycles. The largest absolute Gasteiger partial charge is 0.342 e. The van der Waals surface area contributed by atoms with E-state index in [4.69, 9.17) is 4.98 Å². The van der Waals surface area contributed by atoms with E-state index < -0.39 is 0 Å². The van der Waals surface area contributed by atoms with Gasteiger partial charge in [-0.2, -0.15) is 0 Å². The maximum absolute atomic E-state index is 4.86. The van der Waals surface area contributed by atoms with Gasteiger partial charge >= 0.3 is 0 Å². The summed E-state index contributed by atoms with van der Waals surface area (Å²) in [4.78, 5) is 13.4. The van der Waals surface area contributed by atoms with Crippen molar-refractivity contribution < 1.29 is 0 Å². The van der Waals surface area contributed by atoms with Gasteiger partial charge in [-0.25, -0.2) is 4.98 Å². The normalized spacial score (nSPS) is 15.9. The number of nitrogens with one attached hydrogen (secondary N) is 1. The van der Waals surface area contributed by atoms with E-state index in [1.165, 1.54) is 22.5 Å². The van der Waals surface area contributed by atoms with Crippen LogP contribution in [0.2, 0.25) is 0 Å². The van der Waals surface area contributed by atoms with Gasteiger partial charge in [0.2, 0.25) is 0 Å². The first-order valence-electron chi connectivity index (χ1n) is 9.79. The van der Waals surface area contributed by atoms with Gasteiger partial charge in [0.25, 0.3) is 0 Å². The summed E-state index contributed by atoms with van der Waals surface area (Å²) >= 11 is 0. The lowest BCUT2D eigenvalue weighted by Crippen LogP contribution is -2.45. The highest BCUT2D eigenvalue weighted by Crippen LogP contribution is 2.19. The maximum Gasteiger partial charge on any atom is 0.137 e. The van der Waals surface area contributed by atoms with Crippen LogP contribution in [-0.4, -0.2) is 45.9 Å². The number of aryl methyl sites for hydroxylation is 2. The van der Waals surface area contributed by atoms with Crippen molar-refractivity contribution in [1.82, 2.24) is 19.8 Å². The molecule has 0 radical (unpaired) electrons. The molecule has 1 aliphatic rings. The Bertz CT molecular complexity index is 876. The van der Waals surface area contributed by atoms with Gasteiger partial charge in [0, 0.05) is 50.5 Å². The third-order valence-electron chi connectivity index (χ3n) is 5.53. The second kappa shape index (κ2) is 8.07. The molecular weight excluding hydrogens is 332 g/mol. The van der Waals surface area contributed by atoms with E-state index in [1.807, 2.05) is 6.07 Å². The average molecular weight is 361 g/mol. The van der Waals surface area contributed by atoms with Crippen LogP contribution in [0.4, 0.5) is 0 Å². The summed E-state index contributed by atoms with van der Waals surface area (Å²) in [5, 5.41) is 0. The van der Waals surface area contributed by atoms with Crippen LogP contribution in [0.15, 0.2) is 54.6 Å². The molecule has 4 rings (SSSR count). The Morgan fingerprint density at radius 1 is 0.815 bits per heavy atom. The van der Waals surface area contributed by atoms with E-state index in [1.54, 1.807) is 0 Å². The molecule has 1 N–H and O–H groups in total. The van der Waals surface area contributed by atoms with Crippen LogP contribution >= 0.6 is 0 Å². The molecule has 0 bridgehead atoms. The monoisotopic (exact) mass is 360 g/mol. The van der Waals surface area contributed by atoms with Crippen molar-refractivity contribution >= 4 is 0 Å². The lowest BCUT2D eigenvalue weighted by atomic mass is 10.1. The molecule has 1 aromatic heterocycles. The fourth-order valence-corrected chi connectivity index (χ4v) is 3.73. The first kappa shape index (κ1) is 18.0. The van der Waals surface area contributed by atoms with Crippen LogP contribution < -0.4 is 0 Å².